The average Bonchev–Trinajstić information content (AvgIpc) is 3.06. The number of fused-ring (bicyclic) bond motifs is 1. The Kier molecular flexibility index (Phi) is 5.32. The molecule has 3 aromatic rings. The molecule has 1 aliphatic rings. The summed E-state index contributed by atoms with van der Waals surface area (Å²) < 4.78 is 32.2. The SMILES string of the molecule is O=C(O)c1ccc(CCn2ccn([C@H]3CCc4c(F)cc(F)cc4C3)c2=S)cc1. The molecule has 0 spiro atoms. The highest BCUT2D eigenvalue weighted by Gasteiger charge is 2.24. The fourth-order valence-electron chi connectivity index (χ4n) is 3.96. The molecule has 1 atom stereocenters. The topological polar surface area (TPSA) is 47.2 Å². The van der Waals surface area contributed by atoms with Gasteiger partial charge in [-0.15, -0.1) is 0 Å². The van der Waals surface area contributed by atoms with Gasteiger partial charge in [0, 0.05) is 31.0 Å². The minimum absolute atomic E-state index is 0.0762. The highest BCUT2D eigenvalue weighted by Crippen LogP contribution is 2.31. The number of hydrogen-bond donors (Lipinski definition) is 1. The van der Waals surface area contributed by atoms with Crippen molar-refractivity contribution in [1.29, 1.82) is 0 Å². The molecule has 0 saturated carbocycles. The molecule has 1 heterocycles. The fraction of sp³-hybridized carbons (Fsp3) is 0.273. The third kappa shape index (κ3) is 4.00. The average molecular weight is 414 g/mol. The van der Waals surface area contributed by atoms with E-state index in [0.29, 0.717) is 35.3 Å². The van der Waals surface area contributed by atoms with Gasteiger partial charge in [-0.25, -0.2) is 13.6 Å². The Morgan fingerprint density at radius 1 is 1.17 bits per heavy atom. The van der Waals surface area contributed by atoms with Crippen molar-refractivity contribution in [2.75, 3.05) is 0 Å². The summed E-state index contributed by atoms with van der Waals surface area (Å²) >= 11 is 5.63. The van der Waals surface area contributed by atoms with Gasteiger partial charge >= 0.3 is 5.97 Å². The quantitative estimate of drug-likeness (QED) is 0.600. The van der Waals surface area contributed by atoms with Crippen LogP contribution < -0.4 is 0 Å². The van der Waals surface area contributed by atoms with Gasteiger partial charge in [0.2, 0.25) is 0 Å². The molecule has 1 aromatic heterocycles. The van der Waals surface area contributed by atoms with E-state index in [0.717, 1.165) is 24.5 Å². The lowest BCUT2D eigenvalue weighted by Crippen LogP contribution is -2.20. The molecular formula is C22H20F2N2O2S. The van der Waals surface area contributed by atoms with Crippen molar-refractivity contribution in [3.8, 4) is 0 Å². The summed E-state index contributed by atoms with van der Waals surface area (Å²) in [6, 6.07) is 9.26. The van der Waals surface area contributed by atoms with Crippen molar-refractivity contribution in [3.63, 3.8) is 0 Å². The van der Waals surface area contributed by atoms with Gasteiger partial charge in [0.05, 0.1) is 5.56 Å². The van der Waals surface area contributed by atoms with Gasteiger partial charge in [-0.3, -0.25) is 0 Å². The molecule has 4 rings (SSSR count). The van der Waals surface area contributed by atoms with Crippen molar-refractivity contribution >= 4 is 18.2 Å². The number of carboxylic acid groups (broad SMARTS) is 1. The molecule has 1 N–H and O–H groups in total. The molecular weight excluding hydrogens is 394 g/mol. The fourth-order valence-corrected chi connectivity index (χ4v) is 4.33. The largest absolute Gasteiger partial charge is 0.478 e. The maximum atomic E-state index is 14.0. The highest BCUT2D eigenvalue weighted by atomic mass is 32.1. The number of aryl methyl sites for hydroxylation is 2. The van der Waals surface area contributed by atoms with E-state index < -0.39 is 17.6 Å². The van der Waals surface area contributed by atoms with E-state index in [1.165, 1.54) is 6.07 Å². The first-order valence-electron chi connectivity index (χ1n) is 9.48. The summed E-state index contributed by atoms with van der Waals surface area (Å²) in [7, 11) is 0. The molecule has 0 bridgehead atoms. The number of imidazole rings is 1. The first-order valence-corrected chi connectivity index (χ1v) is 9.89. The summed E-state index contributed by atoms with van der Waals surface area (Å²) in [4.78, 5) is 10.9. The third-order valence-electron chi connectivity index (χ3n) is 5.55. The van der Waals surface area contributed by atoms with Crippen LogP contribution in [0.2, 0.25) is 0 Å². The number of benzene rings is 2. The van der Waals surface area contributed by atoms with E-state index in [4.69, 9.17) is 17.3 Å². The predicted octanol–water partition coefficient (Wildman–Crippen LogP) is 4.97. The number of nitrogens with zero attached hydrogens (tertiary/aromatic N) is 2. The van der Waals surface area contributed by atoms with E-state index in [1.807, 2.05) is 33.7 Å². The Bertz CT molecular complexity index is 1120. The lowest BCUT2D eigenvalue weighted by Gasteiger charge is -2.26. The number of aromatic nitrogens is 2. The van der Waals surface area contributed by atoms with Crippen LogP contribution in [0.1, 0.15) is 39.5 Å². The second-order valence-electron chi connectivity index (χ2n) is 7.36. The second-order valence-corrected chi connectivity index (χ2v) is 7.72. The Labute approximate surface area is 172 Å². The summed E-state index contributed by atoms with van der Waals surface area (Å²) in [5.74, 6) is -1.95. The zero-order valence-electron chi connectivity index (χ0n) is 15.6. The Hall–Kier alpha value is -2.80. The molecule has 7 heteroatoms. The van der Waals surface area contributed by atoms with Crippen LogP contribution in [-0.4, -0.2) is 20.2 Å². The molecule has 29 heavy (non-hydrogen) atoms. The van der Waals surface area contributed by atoms with Crippen molar-refractivity contribution in [2.45, 2.75) is 38.3 Å². The van der Waals surface area contributed by atoms with E-state index >= 15 is 0 Å². The normalized spacial score (nSPS) is 15.9. The molecule has 0 unspecified atom stereocenters. The van der Waals surface area contributed by atoms with Gasteiger partial charge in [-0.05, 0) is 72.8 Å². The van der Waals surface area contributed by atoms with Crippen LogP contribution in [0.25, 0.3) is 0 Å². The summed E-state index contributed by atoms with van der Waals surface area (Å²) in [6.45, 7) is 0.671. The predicted molar refractivity (Wildman–Crippen MR) is 108 cm³/mol. The van der Waals surface area contributed by atoms with Crippen molar-refractivity contribution in [1.82, 2.24) is 9.13 Å². The smallest absolute Gasteiger partial charge is 0.335 e. The van der Waals surface area contributed by atoms with E-state index in [1.54, 1.807) is 12.1 Å². The minimum Gasteiger partial charge on any atom is -0.478 e. The van der Waals surface area contributed by atoms with E-state index in [-0.39, 0.29) is 11.6 Å². The van der Waals surface area contributed by atoms with Crippen molar-refractivity contribution in [3.05, 3.63) is 87.5 Å². The van der Waals surface area contributed by atoms with Crippen LogP contribution >= 0.6 is 12.2 Å². The van der Waals surface area contributed by atoms with Gasteiger partial charge < -0.3 is 14.2 Å². The first-order chi connectivity index (χ1) is 13.9. The molecule has 0 aliphatic heterocycles. The molecule has 0 fully saturated rings. The van der Waals surface area contributed by atoms with Crippen LogP contribution in [0.3, 0.4) is 0 Å². The minimum atomic E-state index is -0.940. The first kappa shape index (κ1) is 19.5. The van der Waals surface area contributed by atoms with Crippen molar-refractivity contribution in [2.24, 2.45) is 0 Å². The highest BCUT2D eigenvalue weighted by molar-refractivity contribution is 7.71. The maximum absolute atomic E-state index is 14.0. The van der Waals surface area contributed by atoms with Gasteiger partial charge in [0.1, 0.15) is 11.6 Å². The number of rotatable bonds is 5. The zero-order chi connectivity index (χ0) is 20.5. The number of hydrogen-bond acceptors (Lipinski definition) is 2. The summed E-state index contributed by atoms with van der Waals surface area (Å²) in [6.07, 6.45) is 6.46. The Morgan fingerprint density at radius 3 is 2.66 bits per heavy atom. The Morgan fingerprint density at radius 2 is 1.93 bits per heavy atom. The molecule has 0 radical (unpaired) electrons. The molecule has 0 saturated heterocycles. The van der Waals surface area contributed by atoms with E-state index in [2.05, 4.69) is 0 Å². The molecule has 4 nitrogen and oxygen atoms in total. The number of carboxylic acids is 1. The molecule has 1 aliphatic carbocycles. The third-order valence-corrected chi connectivity index (χ3v) is 5.99. The number of carbonyl (C=O) groups is 1. The van der Waals surface area contributed by atoms with Gasteiger partial charge in [0.15, 0.2) is 4.77 Å². The van der Waals surface area contributed by atoms with Gasteiger partial charge in [0.25, 0.3) is 0 Å². The zero-order valence-corrected chi connectivity index (χ0v) is 16.5. The van der Waals surface area contributed by atoms with Crippen molar-refractivity contribution < 1.29 is 18.7 Å². The molecule has 0 amide bonds. The van der Waals surface area contributed by atoms with Crippen LogP contribution in [-0.2, 0) is 25.8 Å². The van der Waals surface area contributed by atoms with Gasteiger partial charge in [-0.2, -0.15) is 0 Å². The van der Waals surface area contributed by atoms with Crippen LogP contribution in [0.5, 0.6) is 0 Å². The molecule has 2 aromatic carbocycles. The lowest BCUT2D eigenvalue weighted by molar-refractivity contribution is 0.0697. The number of halogens is 2. The summed E-state index contributed by atoms with van der Waals surface area (Å²) in [5, 5.41) is 8.98. The van der Waals surface area contributed by atoms with Crippen LogP contribution in [0.4, 0.5) is 8.78 Å². The lowest BCUT2D eigenvalue weighted by atomic mass is 9.87. The monoisotopic (exact) mass is 414 g/mol. The van der Waals surface area contributed by atoms with Gasteiger partial charge in [-0.1, -0.05) is 12.1 Å². The van der Waals surface area contributed by atoms with Crippen LogP contribution in [0.15, 0.2) is 48.8 Å². The van der Waals surface area contributed by atoms with Crippen LogP contribution in [0, 0.1) is 16.4 Å². The standard InChI is InChI=1S/C22H20F2N2O2S/c23-17-11-16-12-18(5-6-19(16)20(24)13-17)26-10-9-25(22(26)29)8-7-14-1-3-15(4-2-14)21(27)28/h1-4,9-11,13,18H,5-8,12H2,(H,27,28)/t18-/m0/s1. The summed E-state index contributed by atoms with van der Waals surface area (Å²) in [5.41, 5.74) is 2.62. The second kappa shape index (κ2) is 7.91. The van der Waals surface area contributed by atoms with E-state index in [9.17, 15) is 13.6 Å². The number of aromatic carboxylic acids is 1. The maximum Gasteiger partial charge on any atom is 0.335 e. The Balaban J connectivity index is 1.47. The molecule has 150 valence electrons.